The minimum absolute atomic E-state index is 0.127. The molecule has 1 aromatic carbocycles. The van der Waals surface area contributed by atoms with E-state index in [2.05, 4.69) is 32.3 Å². The maximum absolute atomic E-state index is 13.0. The SMILES string of the molecule is CCN1CCN(c2ccc(CNC(=O)C(NC(=O)CC(C)C)c3ccccc3)cn2)CC1. The number of benzene rings is 1. The highest BCUT2D eigenvalue weighted by molar-refractivity contribution is 5.88. The van der Waals surface area contributed by atoms with E-state index in [1.165, 1.54) is 0 Å². The molecule has 0 spiro atoms. The Hall–Kier alpha value is -2.93. The Morgan fingerprint density at radius 1 is 1.03 bits per heavy atom. The van der Waals surface area contributed by atoms with Crippen molar-refractivity contribution in [3.05, 3.63) is 59.8 Å². The summed E-state index contributed by atoms with van der Waals surface area (Å²) in [6.07, 6.45) is 2.20. The molecule has 1 aromatic heterocycles. The van der Waals surface area contributed by atoms with Crippen molar-refractivity contribution in [1.82, 2.24) is 20.5 Å². The van der Waals surface area contributed by atoms with Crippen molar-refractivity contribution in [2.45, 2.75) is 39.8 Å². The third-order valence-electron chi connectivity index (χ3n) is 5.71. The first-order valence-electron chi connectivity index (χ1n) is 11.5. The zero-order valence-electron chi connectivity index (χ0n) is 19.4. The van der Waals surface area contributed by atoms with Crippen molar-refractivity contribution in [2.24, 2.45) is 5.92 Å². The van der Waals surface area contributed by atoms with Crippen LogP contribution in [0.15, 0.2) is 48.7 Å². The number of anilines is 1. The molecule has 1 unspecified atom stereocenters. The van der Waals surface area contributed by atoms with Crippen LogP contribution >= 0.6 is 0 Å². The largest absolute Gasteiger partial charge is 0.354 e. The number of aromatic nitrogens is 1. The number of carbonyl (C=O) groups is 2. The van der Waals surface area contributed by atoms with E-state index in [0.717, 1.165) is 49.7 Å². The van der Waals surface area contributed by atoms with Crippen molar-refractivity contribution >= 4 is 17.6 Å². The van der Waals surface area contributed by atoms with Crippen LogP contribution in [-0.2, 0) is 16.1 Å². The van der Waals surface area contributed by atoms with Crippen LogP contribution in [0.25, 0.3) is 0 Å². The molecular weight excluding hydrogens is 402 g/mol. The molecule has 2 aromatic rings. The quantitative estimate of drug-likeness (QED) is 0.631. The van der Waals surface area contributed by atoms with Crippen LogP contribution < -0.4 is 15.5 Å². The second-order valence-corrected chi connectivity index (χ2v) is 8.67. The molecule has 1 aliphatic heterocycles. The molecule has 32 heavy (non-hydrogen) atoms. The minimum atomic E-state index is -0.718. The van der Waals surface area contributed by atoms with Crippen LogP contribution in [0.3, 0.4) is 0 Å². The highest BCUT2D eigenvalue weighted by Gasteiger charge is 2.23. The number of likely N-dealkylation sites (N-methyl/N-ethyl adjacent to an activating group) is 1. The first-order valence-corrected chi connectivity index (χ1v) is 11.5. The third-order valence-corrected chi connectivity index (χ3v) is 5.71. The average molecular weight is 438 g/mol. The van der Waals surface area contributed by atoms with Gasteiger partial charge in [-0.3, -0.25) is 9.59 Å². The summed E-state index contributed by atoms with van der Waals surface area (Å²) in [4.78, 5) is 34.6. The molecule has 172 valence electrons. The predicted octanol–water partition coefficient (Wildman–Crippen LogP) is 2.74. The molecule has 7 nitrogen and oxygen atoms in total. The smallest absolute Gasteiger partial charge is 0.247 e. The highest BCUT2D eigenvalue weighted by atomic mass is 16.2. The number of rotatable bonds is 9. The second kappa shape index (κ2) is 11.6. The van der Waals surface area contributed by atoms with Crippen molar-refractivity contribution in [3.8, 4) is 0 Å². The van der Waals surface area contributed by atoms with Crippen LogP contribution in [-0.4, -0.2) is 54.4 Å². The van der Waals surface area contributed by atoms with E-state index in [1.807, 2.05) is 62.5 Å². The molecule has 0 aliphatic carbocycles. The number of nitrogens with zero attached hydrogens (tertiary/aromatic N) is 3. The molecule has 1 fully saturated rings. The summed E-state index contributed by atoms with van der Waals surface area (Å²) in [5.41, 5.74) is 1.69. The van der Waals surface area contributed by atoms with Gasteiger partial charge in [0.2, 0.25) is 11.8 Å². The summed E-state index contributed by atoms with van der Waals surface area (Å²) in [6.45, 7) is 11.7. The van der Waals surface area contributed by atoms with Crippen LogP contribution in [0.2, 0.25) is 0 Å². The number of hydrogen-bond acceptors (Lipinski definition) is 5. The molecule has 0 radical (unpaired) electrons. The lowest BCUT2D eigenvalue weighted by molar-refractivity contribution is -0.129. The van der Waals surface area contributed by atoms with Gasteiger partial charge in [-0.05, 0) is 29.7 Å². The van der Waals surface area contributed by atoms with Crippen LogP contribution in [0, 0.1) is 5.92 Å². The molecule has 1 atom stereocenters. The first kappa shape index (κ1) is 23.7. The lowest BCUT2D eigenvalue weighted by Gasteiger charge is -2.34. The molecule has 2 heterocycles. The van der Waals surface area contributed by atoms with Gasteiger partial charge in [0.25, 0.3) is 0 Å². The van der Waals surface area contributed by atoms with E-state index in [0.29, 0.717) is 13.0 Å². The van der Waals surface area contributed by atoms with E-state index < -0.39 is 6.04 Å². The zero-order chi connectivity index (χ0) is 22.9. The summed E-state index contributed by atoms with van der Waals surface area (Å²) in [7, 11) is 0. The highest BCUT2D eigenvalue weighted by Crippen LogP contribution is 2.16. The number of carbonyl (C=O) groups excluding carboxylic acids is 2. The summed E-state index contributed by atoms with van der Waals surface area (Å²) in [6, 6.07) is 12.6. The predicted molar refractivity (Wildman–Crippen MR) is 127 cm³/mol. The van der Waals surface area contributed by atoms with Gasteiger partial charge in [0.1, 0.15) is 11.9 Å². The van der Waals surface area contributed by atoms with Crippen LogP contribution in [0.1, 0.15) is 44.4 Å². The average Bonchev–Trinajstić information content (AvgIpc) is 2.81. The van der Waals surface area contributed by atoms with E-state index in [1.54, 1.807) is 0 Å². The van der Waals surface area contributed by atoms with Gasteiger partial charge in [-0.1, -0.05) is 57.2 Å². The van der Waals surface area contributed by atoms with Crippen molar-refractivity contribution < 1.29 is 9.59 Å². The monoisotopic (exact) mass is 437 g/mol. The standard InChI is InChI=1S/C25H35N5O2/c1-4-29-12-14-30(15-13-29)22-11-10-20(17-26-22)18-27-25(32)24(21-8-6-5-7-9-21)28-23(31)16-19(2)3/h5-11,17,19,24H,4,12-16,18H2,1-3H3,(H,27,32)(H,28,31). The van der Waals surface area contributed by atoms with E-state index in [4.69, 9.17) is 0 Å². The van der Waals surface area contributed by atoms with Crippen molar-refractivity contribution in [2.75, 3.05) is 37.6 Å². The fourth-order valence-electron chi connectivity index (χ4n) is 3.83. The maximum atomic E-state index is 13.0. The normalized spacial score (nSPS) is 15.4. The third kappa shape index (κ3) is 6.79. The Labute approximate surface area is 191 Å². The molecule has 2 amide bonds. The number of pyridine rings is 1. The van der Waals surface area contributed by atoms with Gasteiger partial charge < -0.3 is 20.4 Å². The van der Waals surface area contributed by atoms with Gasteiger partial charge >= 0.3 is 0 Å². The van der Waals surface area contributed by atoms with Gasteiger partial charge in [-0.2, -0.15) is 0 Å². The maximum Gasteiger partial charge on any atom is 0.247 e. The summed E-state index contributed by atoms with van der Waals surface area (Å²) in [5, 5.41) is 5.84. The topological polar surface area (TPSA) is 77.6 Å². The van der Waals surface area contributed by atoms with E-state index in [9.17, 15) is 9.59 Å². The molecule has 2 N–H and O–H groups in total. The molecule has 1 saturated heterocycles. The van der Waals surface area contributed by atoms with Crippen LogP contribution in [0.5, 0.6) is 0 Å². The summed E-state index contributed by atoms with van der Waals surface area (Å²) in [5.74, 6) is 0.842. The number of piperazine rings is 1. The van der Waals surface area contributed by atoms with E-state index >= 15 is 0 Å². The van der Waals surface area contributed by atoms with Gasteiger partial charge in [0, 0.05) is 45.3 Å². The second-order valence-electron chi connectivity index (χ2n) is 8.67. The number of nitrogens with one attached hydrogen (secondary N) is 2. The fourth-order valence-corrected chi connectivity index (χ4v) is 3.83. The Bertz CT molecular complexity index is 862. The molecular formula is C25H35N5O2. The summed E-state index contributed by atoms with van der Waals surface area (Å²) >= 11 is 0. The lowest BCUT2D eigenvalue weighted by atomic mass is 10.0. The Morgan fingerprint density at radius 2 is 1.75 bits per heavy atom. The lowest BCUT2D eigenvalue weighted by Crippen LogP contribution is -2.46. The van der Waals surface area contributed by atoms with Gasteiger partial charge in [-0.15, -0.1) is 0 Å². The van der Waals surface area contributed by atoms with E-state index in [-0.39, 0.29) is 17.7 Å². The molecule has 7 heteroatoms. The molecule has 0 bridgehead atoms. The molecule has 0 saturated carbocycles. The summed E-state index contributed by atoms with van der Waals surface area (Å²) < 4.78 is 0. The fraction of sp³-hybridized carbons (Fsp3) is 0.480. The Morgan fingerprint density at radius 3 is 2.34 bits per heavy atom. The zero-order valence-corrected chi connectivity index (χ0v) is 19.4. The Balaban J connectivity index is 1.58. The molecule has 3 rings (SSSR count). The van der Waals surface area contributed by atoms with Crippen molar-refractivity contribution in [1.29, 1.82) is 0 Å². The van der Waals surface area contributed by atoms with Gasteiger partial charge in [0.15, 0.2) is 0 Å². The van der Waals surface area contributed by atoms with Gasteiger partial charge in [0.05, 0.1) is 0 Å². The van der Waals surface area contributed by atoms with Crippen molar-refractivity contribution in [3.63, 3.8) is 0 Å². The molecule has 1 aliphatic rings. The number of amides is 2. The Kier molecular flexibility index (Phi) is 8.62. The number of hydrogen-bond donors (Lipinski definition) is 2. The van der Waals surface area contributed by atoms with Gasteiger partial charge in [-0.25, -0.2) is 4.98 Å². The minimum Gasteiger partial charge on any atom is -0.354 e. The van der Waals surface area contributed by atoms with Crippen LogP contribution in [0.4, 0.5) is 5.82 Å². The first-order chi connectivity index (χ1) is 15.5.